The number of fused-ring (bicyclic) bond motifs is 1. The quantitative estimate of drug-likeness (QED) is 0.808. The fourth-order valence-corrected chi connectivity index (χ4v) is 5.08. The molecule has 1 amide bonds. The molecule has 10 heteroatoms. The normalized spacial score (nSPS) is 17.0. The lowest BCUT2D eigenvalue weighted by atomic mass is 10.1. The molecule has 1 atom stereocenters. The standard InChI is InChI=1S/C18H24N4O4S2/c1-18(2,3)22-16(14-10-27(24)11-15(14)20-22)19-17(23)12-6-8-13(9-7-12)28(25,26)21(4)5/h6-9H,10-11H2,1-5H3,(H,19,23)/t27-/m1/s1. The average Bonchev–Trinajstić information content (AvgIpc) is 3.11. The molecule has 1 aromatic heterocycles. The van der Waals surface area contributed by atoms with Crippen molar-refractivity contribution in [1.82, 2.24) is 14.1 Å². The van der Waals surface area contributed by atoms with Crippen molar-refractivity contribution in [2.24, 2.45) is 0 Å². The first-order valence-electron chi connectivity index (χ1n) is 8.71. The van der Waals surface area contributed by atoms with Crippen LogP contribution in [0.5, 0.6) is 0 Å². The van der Waals surface area contributed by atoms with Crippen LogP contribution in [0.15, 0.2) is 29.2 Å². The van der Waals surface area contributed by atoms with Gasteiger partial charge in [-0.2, -0.15) is 5.10 Å². The first-order valence-corrected chi connectivity index (χ1v) is 11.6. The Labute approximate surface area is 167 Å². The molecule has 28 heavy (non-hydrogen) atoms. The molecule has 0 aliphatic carbocycles. The number of amides is 1. The Kier molecular flexibility index (Phi) is 5.24. The Balaban J connectivity index is 1.91. The fourth-order valence-electron chi connectivity index (χ4n) is 2.91. The van der Waals surface area contributed by atoms with Gasteiger partial charge >= 0.3 is 0 Å². The van der Waals surface area contributed by atoms with Crippen LogP contribution in [0.4, 0.5) is 5.82 Å². The molecule has 1 aliphatic rings. The zero-order valence-electron chi connectivity index (χ0n) is 16.5. The van der Waals surface area contributed by atoms with Crippen molar-refractivity contribution in [3.8, 4) is 0 Å². The summed E-state index contributed by atoms with van der Waals surface area (Å²) in [5.41, 5.74) is 1.51. The summed E-state index contributed by atoms with van der Waals surface area (Å²) in [6.45, 7) is 5.92. The van der Waals surface area contributed by atoms with Gasteiger partial charge in [0.2, 0.25) is 10.0 Å². The van der Waals surface area contributed by atoms with Gasteiger partial charge in [-0.25, -0.2) is 17.4 Å². The highest BCUT2D eigenvalue weighted by Gasteiger charge is 2.31. The summed E-state index contributed by atoms with van der Waals surface area (Å²) in [5, 5.41) is 7.43. The third-order valence-electron chi connectivity index (χ3n) is 4.43. The maximum absolute atomic E-state index is 12.8. The van der Waals surface area contributed by atoms with Gasteiger partial charge in [0, 0.05) is 36.0 Å². The molecule has 0 fully saturated rings. The van der Waals surface area contributed by atoms with Gasteiger partial charge in [0.05, 0.1) is 27.6 Å². The van der Waals surface area contributed by atoms with Crippen LogP contribution in [-0.2, 0) is 37.9 Å². The molecule has 1 aliphatic heterocycles. The van der Waals surface area contributed by atoms with E-state index < -0.39 is 20.8 Å². The van der Waals surface area contributed by atoms with Crippen molar-refractivity contribution >= 4 is 32.5 Å². The molecule has 0 saturated heterocycles. The highest BCUT2D eigenvalue weighted by Crippen LogP contribution is 2.33. The molecule has 2 heterocycles. The van der Waals surface area contributed by atoms with Crippen LogP contribution in [0.2, 0.25) is 0 Å². The molecule has 2 aromatic rings. The molecular weight excluding hydrogens is 400 g/mol. The van der Waals surface area contributed by atoms with E-state index in [0.29, 0.717) is 22.9 Å². The molecule has 1 N–H and O–H groups in total. The minimum Gasteiger partial charge on any atom is -0.306 e. The summed E-state index contributed by atoms with van der Waals surface area (Å²) in [7, 11) is -1.66. The zero-order valence-corrected chi connectivity index (χ0v) is 18.1. The van der Waals surface area contributed by atoms with Gasteiger partial charge in [-0.1, -0.05) is 0 Å². The molecule has 0 unspecified atom stereocenters. The minimum absolute atomic E-state index is 0.116. The van der Waals surface area contributed by atoms with Gasteiger partial charge < -0.3 is 5.32 Å². The van der Waals surface area contributed by atoms with Gasteiger partial charge in [-0.15, -0.1) is 0 Å². The second-order valence-electron chi connectivity index (χ2n) is 7.85. The van der Waals surface area contributed by atoms with Crippen molar-refractivity contribution < 1.29 is 17.4 Å². The molecule has 0 radical (unpaired) electrons. The highest BCUT2D eigenvalue weighted by atomic mass is 32.2. The van der Waals surface area contributed by atoms with Gasteiger partial charge in [0.15, 0.2) is 0 Å². The van der Waals surface area contributed by atoms with Crippen LogP contribution in [0, 0.1) is 0 Å². The third kappa shape index (κ3) is 3.76. The molecule has 3 rings (SSSR count). The van der Waals surface area contributed by atoms with Crippen LogP contribution >= 0.6 is 0 Å². The van der Waals surface area contributed by atoms with E-state index in [-0.39, 0.29) is 16.3 Å². The van der Waals surface area contributed by atoms with Gasteiger partial charge in [-0.05, 0) is 45.0 Å². The first kappa shape index (κ1) is 20.7. The summed E-state index contributed by atoms with van der Waals surface area (Å²) < 4.78 is 39.1. The number of anilines is 1. The van der Waals surface area contributed by atoms with Crippen molar-refractivity contribution in [2.45, 2.75) is 42.7 Å². The summed E-state index contributed by atoms with van der Waals surface area (Å²) in [6.07, 6.45) is 0. The van der Waals surface area contributed by atoms with Crippen molar-refractivity contribution in [3.63, 3.8) is 0 Å². The summed E-state index contributed by atoms with van der Waals surface area (Å²) in [5.74, 6) is 0.919. The maximum atomic E-state index is 12.8. The van der Waals surface area contributed by atoms with Gasteiger partial charge in [0.25, 0.3) is 5.91 Å². The van der Waals surface area contributed by atoms with Crippen LogP contribution in [0.3, 0.4) is 0 Å². The largest absolute Gasteiger partial charge is 0.306 e. The third-order valence-corrected chi connectivity index (χ3v) is 7.47. The van der Waals surface area contributed by atoms with E-state index in [1.54, 1.807) is 4.68 Å². The summed E-state index contributed by atoms with van der Waals surface area (Å²) in [6, 6.07) is 5.76. The first-order chi connectivity index (χ1) is 12.9. The Morgan fingerprint density at radius 3 is 2.32 bits per heavy atom. The SMILES string of the molecule is CN(C)S(=O)(=O)c1ccc(C(=O)Nc2c3c(nn2C(C)(C)C)C[S@](=O)C3)cc1. The van der Waals surface area contributed by atoms with E-state index in [2.05, 4.69) is 10.4 Å². The fraction of sp³-hybridized carbons (Fsp3) is 0.444. The molecule has 0 spiro atoms. The lowest BCUT2D eigenvalue weighted by molar-refractivity contribution is 0.102. The second-order valence-corrected chi connectivity index (χ2v) is 11.5. The van der Waals surface area contributed by atoms with E-state index in [9.17, 15) is 17.4 Å². The van der Waals surface area contributed by atoms with Crippen molar-refractivity contribution in [1.29, 1.82) is 0 Å². The topological polar surface area (TPSA) is 101 Å². The van der Waals surface area contributed by atoms with Crippen LogP contribution in [-0.4, -0.2) is 46.7 Å². The smallest absolute Gasteiger partial charge is 0.256 e. The van der Waals surface area contributed by atoms with Gasteiger partial charge in [-0.3, -0.25) is 9.00 Å². The molecule has 0 saturated carbocycles. The van der Waals surface area contributed by atoms with E-state index in [1.165, 1.54) is 38.4 Å². The van der Waals surface area contributed by atoms with E-state index in [4.69, 9.17) is 0 Å². The maximum Gasteiger partial charge on any atom is 0.256 e. The number of nitrogens with zero attached hydrogens (tertiary/aromatic N) is 3. The number of benzene rings is 1. The predicted octanol–water partition coefficient (Wildman–Crippen LogP) is 1.90. The minimum atomic E-state index is -3.56. The van der Waals surface area contributed by atoms with E-state index in [0.717, 1.165) is 15.6 Å². The predicted molar refractivity (Wildman–Crippen MR) is 108 cm³/mol. The molecule has 1 aromatic carbocycles. The highest BCUT2D eigenvalue weighted by molar-refractivity contribution is 7.89. The molecule has 8 nitrogen and oxygen atoms in total. The Morgan fingerprint density at radius 2 is 1.79 bits per heavy atom. The monoisotopic (exact) mass is 424 g/mol. The number of aromatic nitrogens is 2. The molecule has 0 bridgehead atoms. The number of nitrogens with one attached hydrogen (secondary N) is 1. The van der Waals surface area contributed by atoms with E-state index in [1.807, 2.05) is 20.8 Å². The number of hydrogen-bond acceptors (Lipinski definition) is 5. The van der Waals surface area contributed by atoms with Crippen molar-refractivity contribution in [2.75, 3.05) is 19.4 Å². The van der Waals surface area contributed by atoms with Crippen LogP contribution in [0.25, 0.3) is 0 Å². The second kappa shape index (κ2) is 7.09. The lowest BCUT2D eigenvalue weighted by Crippen LogP contribution is -2.27. The van der Waals surface area contributed by atoms with Crippen LogP contribution < -0.4 is 5.32 Å². The summed E-state index contributed by atoms with van der Waals surface area (Å²) >= 11 is 0. The number of hydrogen-bond donors (Lipinski definition) is 1. The number of carbonyl (C=O) groups excluding carboxylic acids is 1. The average molecular weight is 425 g/mol. The Hall–Kier alpha value is -2.04. The number of carbonyl (C=O) groups is 1. The summed E-state index contributed by atoms with van der Waals surface area (Å²) in [4.78, 5) is 12.9. The Bertz CT molecular complexity index is 1050. The molecular formula is C18H24N4O4S2. The number of rotatable bonds is 4. The van der Waals surface area contributed by atoms with Crippen molar-refractivity contribution in [3.05, 3.63) is 41.1 Å². The number of sulfonamides is 1. The van der Waals surface area contributed by atoms with E-state index >= 15 is 0 Å². The van der Waals surface area contributed by atoms with Gasteiger partial charge in [0.1, 0.15) is 5.82 Å². The molecule has 152 valence electrons. The Morgan fingerprint density at radius 1 is 1.18 bits per heavy atom. The zero-order chi connectivity index (χ0) is 20.9. The van der Waals surface area contributed by atoms with Crippen LogP contribution in [0.1, 0.15) is 42.4 Å². The lowest BCUT2D eigenvalue weighted by Gasteiger charge is -2.23.